The molecule has 0 amide bonds. The molecule has 1 saturated carbocycles. The lowest BCUT2D eigenvalue weighted by atomic mass is 10.4. The van der Waals surface area contributed by atoms with E-state index < -0.39 is 0 Å². The van der Waals surface area contributed by atoms with Crippen LogP contribution in [0, 0.1) is 6.92 Å². The standard InChI is InChI=1S/C9H13NS.ClH/c1-7-2-5-9(11-7)6-10-8-3-4-8;/h2,5,8,10H,3-4,6H2,1H3;1H. The van der Waals surface area contributed by atoms with E-state index in [9.17, 15) is 0 Å². The van der Waals surface area contributed by atoms with Crippen LogP contribution in [-0.4, -0.2) is 6.04 Å². The number of nitrogens with one attached hydrogen (secondary N) is 1. The highest BCUT2D eigenvalue weighted by molar-refractivity contribution is 7.11. The molecule has 1 aromatic rings. The minimum atomic E-state index is 0. The minimum absolute atomic E-state index is 0. The molecular formula is C9H14ClNS. The van der Waals surface area contributed by atoms with Crippen molar-refractivity contribution in [2.45, 2.75) is 32.4 Å². The topological polar surface area (TPSA) is 12.0 Å². The Bertz CT molecular complexity index is 242. The number of halogens is 1. The van der Waals surface area contributed by atoms with Gasteiger partial charge in [0, 0.05) is 22.3 Å². The third kappa shape index (κ3) is 2.77. The summed E-state index contributed by atoms with van der Waals surface area (Å²) in [5.74, 6) is 0. The van der Waals surface area contributed by atoms with Crippen molar-refractivity contribution in [3.63, 3.8) is 0 Å². The molecule has 68 valence electrons. The van der Waals surface area contributed by atoms with E-state index >= 15 is 0 Å². The molecule has 12 heavy (non-hydrogen) atoms. The van der Waals surface area contributed by atoms with E-state index in [0.717, 1.165) is 12.6 Å². The Hall–Kier alpha value is -0.0500. The average molecular weight is 204 g/mol. The Morgan fingerprint density at radius 3 is 2.75 bits per heavy atom. The summed E-state index contributed by atoms with van der Waals surface area (Å²) in [5.41, 5.74) is 0. The summed E-state index contributed by atoms with van der Waals surface area (Å²) in [6, 6.07) is 5.24. The summed E-state index contributed by atoms with van der Waals surface area (Å²) < 4.78 is 0. The molecule has 0 spiro atoms. The van der Waals surface area contributed by atoms with Crippen LogP contribution < -0.4 is 5.32 Å². The van der Waals surface area contributed by atoms with E-state index in [1.54, 1.807) is 0 Å². The van der Waals surface area contributed by atoms with Gasteiger partial charge in [-0.2, -0.15) is 0 Å². The van der Waals surface area contributed by atoms with Crippen molar-refractivity contribution >= 4 is 23.7 Å². The lowest BCUT2D eigenvalue weighted by molar-refractivity contribution is 0.695. The van der Waals surface area contributed by atoms with Crippen molar-refractivity contribution in [3.05, 3.63) is 21.9 Å². The molecule has 1 aliphatic carbocycles. The van der Waals surface area contributed by atoms with Gasteiger partial charge in [-0.3, -0.25) is 0 Å². The second-order valence-corrected chi connectivity index (χ2v) is 4.54. The maximum atomic E-state index is 3.50. The Morgan fingerprint density at radius 2 is 2.25 bits per heavy atom. The Labute approximate surface area is 83.6 Å². The third-order valence-corrected chi connectivity index (χ3v) is 2.94. The van der Waals surface area contributed by atoms with Crippen molar-refractivity contribution < 1.29 is 0 Å². The molecule has 0 aliphatic heterocycles. The quantitative estimate of drug-likeness (QED) is 0.797. The molecule has 0 atom stereocenters. The van der Waals surface area contributed by atoms with Gasteiger partial charge in [-0.1, -0.05) is 0 Å². The molecule has 1 aromatic heterocycles. The highest BCUT2D eigenvalue weighted by Gasteiger charge is 2.19. The molecule has 0 bridgehead atoms. The predicted octanol–water partition coefficient (Wildman–Crippen LogP) is 2.73. The first-order valence-electron chi connectivity index (χ1n) is 4.13. The van der Waals surface area contributed by atoms with Crippen molar-refractivity contribution in [1.29, 1.82) is 0 Å². The lowest BCUT2D eigenvalue weighted by Crippen LogP contribution is -2.14. The Morgan fingerprint density at radius 1 is 1.50 bits per heavy atom. The second-order valence-electron chi connectivity index (χ2n) is 3.17. The second kappa shape index (κ2) is 4.26. The van der Waals surface area contributed by atoms with Crippen LogP contribution in [0.25, 0.3) is 0 Å². The van der Waals surface area contributed by atoms with E-state index in [1.165, 1.54) is 22.6 Å². The number of hydrogen-bond donors (Lipinski definition) is 1. The summed E-state index contributed by atoms with van der Waals surface area (Å²) in [4.78, 5) is 2.88. The first-order valence-corrected chi connectivity index (χ1v) is 4.95. The fraction of sp³-hybridized carbons (Fsp3) is 0.556. The van der Waals surface area contributed by atoms with Gasteiger partial charge in [0.25, 0.3) is 0 Å². The molecule has 1 heterocycles. The highest BCUT2D eigenvalue weighted by Crippen LogP contribution is 2.21. The summed E-state index contributed by atoms with van der Waals surface area (Å²) >= 11 is 1.89. The monoisotopic (exact) mass is 203 g/mol. The number of aryl methyl sites for hydroxylation is 1. The van der Waals surface area contributed by atoms with E-state index in [2.05, 4.69) is 24.4 Å². The first-order chi connectivity index (χ1) is 5.34. The van der Waals surface area contributed by atoms with Crippen LogP contribution in [-0.2, 0) is 6.54 Å². The molecule has 3 heteroatoms. The van der Waals surface area contributed by atoms with Gasteiger partial charge >= 0.3 is 0 Å². The molecule has 0 aromatic carbocycles. The van der Waals surface area contributed by atoms with Gasteiger partial charge in [0.2, 0.25) is 0 Å². The van der Waals surface area contributed by atoms with Crippen LogP contribution in [0.3, 0.4) is 0 Å². The lowest BCUT2D eigenvalue weighted by Gasteiger charge is -1.97. The number of thiophene rings is 1. The van der Waals surface area contributed by atoms with Gasteiger partial charge in [-0.05, 0) is 31.9 Å². The first kappa shape index (κ1) is 10.0. The van der Waals surface area contributed by atoms with Crippen LogP contribution >= 0.6 is 23.7 Å². The van der Waals surface area contributed by atoms with Crippen LogP contribution in [0.2, 0.25) is 0 Å². The number of rotatable bonds is 3. The van der Waals surface area contributed by atoms with Crippen LogP contribution in [0.1, 0.15) is 22.6 Å². The van der Waals surface area contributed by atoms with Crippen molar-refractivity contribution in [1.82, 2.24) is 5.32 Å². The van der Waals surface area contributed by atoms with Gasteiger partial charge in [-0.15, -0.1) is 23.7 Å². The van der Waals surface area contributed by atoms with Crippen molar-refractivity contribution in [2.24, 2.45) is 0 Å². The molecule has 1 nitrogen and oxygen atoms in total. The molecule has 1 N–H and O–H groups in total. The Balaban J connectivity index is 0.000000720. The van der Waals surface area contributed by atoms with Gasteiger partial charge < -0.3 is 5.32 Å². The molecule has 1 fully saturated rings. The summed E-state index contributed by atoms with van der Waals surface area (Å²) in [5, 5.41) is 3.50. The molecule has 0 unspecified atom stereocenters. The molecule has 1 aliphatic rings. The fourth-order valence-electron chi connectivity index (χ4n) is 1.11. The maximum Gasteiger partial charge on any atom is 0.0302 e. The van der Waals surface area contributed by atoms with Crippen LogP contribution in [0.4, 0.5) is 0 Å². The molecule has 0 radical (unpaired) electrons. The third-order valence-electron chi connectivity index (χ3n) is 1.94. The Kier molecular flexibility index (Phi) is 3.56. The van der Waals surface area contributed by atoms with E-state index in [4.69, 9.17) is 0 Å². The zero-order valence-electron chi connectivity index (χ0n) is 7.17. The van der Waals surface area contributed by atoms with Gasteiger partial charge in [0.15, 0.2) is 0 Å². The normalized spacial score (nSPS) is 15.8. The van der Waals surface area contributed by atoms with Crippen LogP contribution in [0.15, 0.2) is 12.1 Å². The molecule has 0 saturated heterocycles. The van der Waals surface area contributed by atoms with Crippen molar-refractivity contribution in [3.8, 4) is 0 Å². The number of hydrogen-bond acceptors (Lipinski definition) is 2. The van der Waals surface area contributed by atoms with Gasteiger partial charge in [0.1, 0.15) is 0 Å². The van der Waals surface area contributed by atoms with E-state index in [1.807, 2.05) is 11.3 Å². The zero-order chi connectivity index (χ0) is 7.68. The fourth-order valence-corrected chi connectivity index (χ4v) is 1.95. The zero-order valence-corrected chi connectivity index (χ0v) is 8.80. The van der Waals surface area contributed by atoms with Crippen molar-refractivity contribution in [2.75, 3.05) is 0 Å². The highest BCUT2D eigenvalue weighted by atomic mass is 35.5. The largest absolute Gasteiger partial charge is 0.309 e. The summed E-state index contributed by atoms with van der Waals surface area (Å²) in [6.45, 7) is 3.23. The van der Waals surface area contributed by atoms with Gasteiger partial charge in [-0.25, -0.2) is 0 Å². The SMILES string of the molecule is Cc1ccc(CNC2CC2)s1.Cl. The van der Waals surface area contributed by atoms with E-state index in [0.29, 0.717) is 0 Å². The molecule has 2 rings (SSSR count). The average Bonchev–Trinajstić information content (AvgIpc) is 2.72. The summed E-state index contributed by atoms with van der Waals surface area (Å²) in [7, 11) is 0. The minimum Gasteiger partial charge on any atom is -0.309 e. The molecular weight excluding hydrogens is 190 g/mol. The smallest absolute Gasteiger partial charge is 0.0302 e. The van der Waals surface area contributed by atoms with Crippen LogP contribution in [0.5, 0.6) is 0 Å². The van der Waals surface area contributed by atoms with E-state index in [-0.39, 0.29) is 12.4 Å². The predicted molar refractivity (Wildman–Crippen MR) is 56.2 cm³/mol. The van der Waals surface area contributed by atoms with Gasteiger partial charge in [0.05, 0.1) is 0 Å². The summed E-state index contributed by atoms with van der Waals surface area (Å²) in [6.07, 6.45) is 2.76. The maximum absolute atomic E-state index is 3.50.